The minimum absolute atomic E-state index is 0.396. The first-order valence-electron chi connectivity index (χ1n) is 6.47. The van der Waals surface area contributed by atoms with Gasteiger partial charge in [0.2, 0.25) is 0 Å². The van der Waals surface area contributed by atoms with Crippen LogP contribution in [0.4, 0.5) is 0 Å². The number of nitrogens with one attached hydrogen (secondary N) is 1. The van der Waals surface area contributed by atoms with Crippen molar-refractivity contribution in [3.63, 3.8) is 0 Å². The van der Waals surface area contributed by atoms with Crippen LogP contribution in [0.1, 0.15) is 46.5 Å². The Balaban J connectivity index is 2.44. The van der Waals surface area contributed by atoms with E-state index in [0.717, 1.165) is 12.6 Å². The molecule has 0 atom stereocenters. The van der Waals surface area contributed by atoms with Crippen LogP contribution in [0.25, 0.3) is 0 Å². The molecule has 0 aromatic rings. The van der Waals surface area contributed by atoms with E-state index in [1.807, 2.05) is 7.05 Å². The Kier molecular flexibility index (Phi) is 5.07. The van der Waals surface area contributed by atoms with Crippen LogP contribution in [0.3, 0.4) is 0 Å². The SMILES string of the molecule is CCN(CC(C)(C)CNC)C1CCCC1. The van der Waals surface area contributed by atoms with Crippen molar-refractivity contribution in [2.45, 2.75) is 52.5 Å². The molecule has 1 saturated carbocycles. The molecule has 0 unspecified atom stereocenters. The van der Waals surface area contributed by atoms with Crippen LogP contribution in [-0.4, -0.2) is 37.6 Å². The third kappa shape index (κ3) is 4.12. The topological polar surface area (TPSA) is 15.3 Å². The van der Waals surface area contributed by atoms with Crippen molar-refractivity contribution in [2.24, 2.45) is 5.41 Å². The standard InChI is InChI=1S/C13H28N2/c1-5-15(12-8-6-7-9-12)11-13(2,3)10-14-4/h12,14H,5-11H2,1-4H3. The summed E-state index contributed by atoms with van der Waals surface area (Å²) in [5, 5.41) is 3.30. The fourth-order valence-corrected chi connectivity index (χ4v) is 2.85. The molecule has 0 amide bonds. The van der Waals surface area contributed by atoms with Crippen molar-refractivity contribution in [3.8, 4) is 0 Å². The van der Waals surface area contributed by atoms with Gasteiger partial charge in [-0.15, -0.1) is 0 Å². The molecule has 15 heavy (non-hydrogen) atoms. The van der Waals surface area contributed by atoms with Crippen molar-refractivity contribution in [1.29, 1.82) is 0 Å². The molecule has 0 saturated heterocycles. The molecule has 2 heteroatoms. The largest absolute Gasteiger partial charge is 0.319 e. The molecular formula is C13H28N2. The van der Waals surface area contributed by atoms with Gasteiger partial charge in [-0.3, -0.25) is 0 Å². The maximum absolute atomic E-state index is 3.30. The molecule has 1 fully saturated rings. The van der Waals surface area contributed by atoms with Crippen LogP contribution in [0, 0.1) is 5.41 Å². The summed E-state index contributed by atoms with van der Waals surface area (Å²) >= 11 is 0. The van der Waals surface area contributed by atoms with E-state index < -0.39 is 0 Å². The lowest BCUT2D eigenvalue weighted by molar-refractivity contribution is 0.136. The zero-order valence-electron chi connectivity index (χ0n) is 11.0. The average Bonchev–Trinajstić information content (AvgIpc) is 2.67. The maximum atomic E-state index is 3.30. The zero-order valence-corrected chi connectivity index (χ0v) is 11.0. The van der Waals surface area contributed by atoms with Gasteiger partial charge >= 0.3 is 0 Å². The van der Waals surface area contributed by atoms with Gasteiger partial charge in [0.05, 0.1) is 0 Å². The van der Waals surface area contributed by atoms with Gasteiger partial charge in [-0.2, -0.15) is 0 Å². The molecule has 1 rings (SSSR count). The molecule has 1 aliphatic carbocycles. The van der Waals surface area contributed by atoms with Gasteiger partial charge in [0.1, 0.15) is 0 Å². The minimum Gasteiger partial charge on any atom is -0.319 e. The lowest BCUT2D eigenvalue weighted by Crippen LogP contribution is -2.43. The molecule has 0 aliphatic heterocycles. The lowest BCUT2D eigenvalue weighted by atomic mass is 9.92. The van der Waals surface area contributed by atoms with Gasteiger partial charge in [0.25, 0.3) is 0 Å². The van der Waals surface area contributed by atoms with Gasteiger partial charge in [0.15, 0.2) is 0 Å². The first-order chi connectivity index (χ1) is 7.09. The van der Waals surface area contributed by atoms with Gasteiger partial charge in [-0.25, -0.2) is 0 Å². The predicted molar refractivity (Wildman–Crippen MR) is 67.2 cm³/mol. The van der Waals surface area contributed by atoms with Crippen molar-refractivity contribution in [1.82, 2.24) is 10.2 Å². The van der Waals surface area contributed by atoms with E-state index in [0.29, 0.717) is 5.41 Å². The van der Waals surface area contributed by atoms with Crippen LogP contribution in [0.15, 0.2) is 0 Å². The Morgan fingerprint density at radius 2 is 1.87 bits per heavy atom. The smallest absolute Gasteiger partial charge is 0.00953 e. The summed E-state index contributed by atoms with van der Waals surface area (Å²) in [6, 6.07) is 0.867. The van der Waals surface area contributed by atoms with Crippen LogP contribution in [-0.2, 0) is 0 Å². The van der Waals surface area contributed by atoms with E-state index in [-0.39, 0.29) is 0 Å². The molecule has 90 valence electrons. The Hall–Kier alpha value is -0.0800. The normalized spacial score (nSPS) is 19.0. The number of hydrogen-bond acceptors (Lipinski definition) is 2. The Labute approximate surface area is 95.4 Å². The summed E-state index contributed by atoms with van der Waals surface area (Å²) in [4.78, 5) is 2.68. The van der Waals surface area contributed by atoms with Gasteiger partial charge in [-0.1, -0.05) is 33.6 Å². The molecular weight excluding hydrogens is 184 g/mol. The van der Waals surface area contributed by atoms with E-state index in [4.69, 9.17) is 0 Å². The molecule has 0 aromatic heterocycles. The van der Waals surface area contributed by atoms with E-state index in [1.165, 1.54) is 38.8 Å². The van der Waals surface area contributed by atoms with E-state index in [2.05, 4.69) is 31.0 Å². The second-order valence-electron chi connectivity index (χ2n) is 5.70. The molecule has 1 N–H and O–H groups in total. The third-order valence-corrected chi connectivity index (χ3v) is 3.53. The molecule has 0 spiro atoms. The van der Waals surface area contributed by atoms with E-state index in [1.54, 1.807) is 0 Å². The van der Waals surface area contributed by atoms with Gasteiger partial charge in [0, 0.05) is 19.1 Å². The van der Waals surface area contributed by atoms with Crippen molar-refractivity contribution in [2.75, 3.05) is 26.7 Å². The second kappa shape index (κ2) is 5.86. The van der Waals surface area contributed by atoms with Gasteiger partial charge in [-0.05, 0) is 31.8 Å². The Morgan fingerprint density at radius 3 is 2.33 bits per heavy atom. The third-order valence-electron chi connectivity index (χ3n) is 3.53. The number of hydrogen-bond donors (Lipinski definition) is 1. The monoisotopic (exact) mass is 212 g/mol. The van der Waals surface area contributed by atoms with Crippen LogP contribution < -0.4 is 5.32 Å². The summed E-state index contributed by atoms with van der Waals surface area (Å²) in [5.74, 6) is 0. The number of nitrogens with zero attached hydrogens (tertiary/aromatic N) is 1. The highest BCUT2D eigenvalue weighted by Gasteiger charge is 2.26. The summed E-state index contributed by atoms with van der Waals surface area (Å²) in [7, 11) is 2.05. The highest BCUT2D eigenvalue weighted by Crippen LogP contribution is 2.26. The quantitative estimate of drug-likeness (QED) is 0.728. The zero-order chi connectivity index (χ0) is 11.3. The summed E-state index contributed by atoms with van der Waals surface area (Å²) in [5.41, 5.74) is 0.396. The summed E-state index contributed by atoms with van der Waals surface area (Å²) in [6.45, 7) is 10.6. The first kappa shape index (κ1) is 13.0. The van der Waals surface area contributed by atoms with Crippen LogP contribution in [0.5, 0.6) is 0 Å². The van der Waals surface area contributed by atoms with Crippen molar-refractivity contribution >= 4 is 0 Å². The highest BCUT2D eigenvalue weighted by atomic mass is 15.2. The molecule has 0 aromatic carbocycles. The molecule has 1 aliphatic rings. The van der Waals surface area contributed by atoms with E-state index >= 15 is 0 Å². The van der Waals surface area contributed by atoms with E-state index in [9.17, 15) is 0 Å². The summed E-state index contributed by atoms with van der Waals surface area (Å²) < 4.78 is 0. The molecule has 0 heterocycles. The lowest BCUT2D eigenvalue weighted by Gasteiger charge is -2.35. The van der Waals surface area contributed by atoms with Gasteiger partial charge < -0.3 is 10.2 Å². The van der Waals surface area contributed by atoms with Crippen LogP contribution in [0.2, 0.25) is 0 Å². The summed E-state index contributed by atoms with van der Waals surface area (Å²) in [6.07, 6.45) is 5.72. The molecule has 0 radical (unpaired) electrons. The molecule has 2 nitrogen and oxygen atoms in total. The average molecular weight is 212 g/mol. The minimum atomic E-state index is 0.396. The molecule has 0 bridgehead atoms. The Bertz CT molecular complexity index is 171. The van der Waals surface area contributed by atoms with Crippen molar-refractivity contribution < 1.29 is 0 Å². The fraction of sp³-hybridized carbons (Fsp3) is 1.00. The van der Waals surface area contributed by atoms with Crippen LogP contribution >= 0.6 is 0 Å². The predicted octanol–water partition coefficient (Wildman–Crippen LogP) is 2.50. The fourth-order valence-electron chi connectivity index (χ4n) is 2.85. The maximum Gasteiger partial charge on any atom is 0.00953 e. The second-order valence-corrected chi connectivity index (χ2v) is 5.70. The first-order valence-corrected chi connectivity index (χ1v) is 6.47. The number of rotatable bonds is 6. The van der Waals surface area contributed by atoms with Crippen molar-refractivity contribution in [3.05, 3.63) is 0 Å². The highest BCUT2D eigenvalue weighted by molar-refractivity contribution is 4.82. The Morgan fingerprint density at radius 1 is 1.27 bits per heavy atom.